The van der Waals surface area contributed by atoms with E-state index in [1.807, 2.05) is 17.0 Å². The molecule has 3 aromatic rings. The number of aromatic nitrogens is 3. The third kappa shape index (κ3) is 3.33. The Balaban J connectivity index is 1.39. The van der Waals surface area contributed by atoms with Crippen LogP contribution in [0, 0.1) is 0 Å². The Labute approximate surface area is 146 Å². The number of likely N-dealkylation sites (tertiary alicyclic amines) is 1. The van der Waals surface area contributed by atoms with Crippen molar-refractivity contribution in [3.8, 4) is 0 Å². The molecule has 0 bridgehead atoms. The zero-order valence-electron chi connectivity index (χ0n) is 14.1. The molecule has 0 spiro atoms. The Morgan fingerprint density at radius 2 is 1.96 bits per heavy atom. The summed E-state index contributed by atoms with van der Waals surface area (Å²) in [6.07, 6.45) is 7.44. The third-order valence-electron chi connectivity index (χ3n) is 4.59. The van der Waals surface area contributed by atoms with Gasteiger partial charge in [0.25, 0.3) is 5.91 Å². The molecule has 1 aliphatic heterocycles. The molecule has 1 amide bonds. The summed E-state index contributed by atoms with van der Waals surface area (Å²) >= 11 is 0. The normalized spacial score (nSPS) is 14.2. The molecule has 2 aromatic heterocycles. The second-order valence-corrected chi connectivity index (χ2v) is 6.28. The molecule has 1 saturated heterocycles. The Bertz CT molecular complexity index is 882. The minimum Gasteiger partial charge on any atom is -0.367 e. The number of nitrogens with zero attached hydrogens (tertiary/aromatic N) is 4. The largest absolute Gasteiger partial charge is 0.367 e. The molecule has 0 saturated carbocycles. The lowest BCUT2D eigenvalue weighted by Crippen LogP contribution is -2.28. The van der Waals surface area contributed by atoms with Crippen molar-refractivity contribution in [3.63, 3.8) is 0 Å². The number of amides is 1. The van der Waals surface area contributed by atoms with Gasteiger partial charge < -0.3 is 14.8 Å². The monoisotopic (exact) mass is 335 g/mol. The summed E-state index contributed by atoms with van der Waals surface area (Å²) < 4.78 is 2.20. The van der Waals surface area contributed by atoms with Crippen LogP contribution >= 0.6 is 0 Å². The summed E-state index contributed by atoms with van der Waals surface area (Å²) in [6.45, 7) is 3.17. The topological polar surface area (TPSA) is 63.1 Å². The van der Waals surface area contributed by atoms with Crippen LogP contribution < -0.4 is 5.32 Å². The Morgan fingerprint density at radius 1 is 1.12 bits per heavy atom. The number of carbonyl (C=O) groups excluding carboxylic acids is 1. The van der Waals surface area contributed by atoms with Crippen molar-refractivity contribution in [2.75, 3.05) is 25.0 Å². The average molecular weight is 335 g/mol. The smallest absolute Gasteiger partial charge is 0.274 e. The second-order valence-electron chi connectivity index (χ2n) is 6.28. The first-order valence-corrected chi connectivity index (χ1v) is 8.70. The van der Waals surface area contributed by atoms with Gasteiger partial charge in [-0.3, -0.25) is 9.78 Å². The SMILES string of the molecule is O=C(c1cncc(NCCn2ccc3ccccc32)n1)N1CCCC1. The number of para-hydroxylation sites is 1. The molecule has 3 heterocycles. The highest BCUT2D eigenvalue weighted by atomic mass is 16.2. The van der Waals surface area contributed by atoms with Crippen LogP contribution in [0.3, 0.4) is 0 Å². The minimum absolute atomic E-state index is 0.0231. The fourth-order valence-electron chi connectivity index (χ4n) is 3.28. The molecular formula is C19H21N5O. The lowest BCUT2D eigenvalue weighted by molar-refractivity contribution is 0.0786. The zero-order chi connectivity index (χ0) is 17.1. The van der Waals surface area contributed by atoms with Crippen molar-refractivity contribution in [1.29, 1.82) is 0 Å². The van der Waals surface area contributed by atoms with E-state index in [2.05, 4.69) is 44.2 Å². The van der Waals surface area contributed by atoms with Gasteiger partial charge in [-0.1, -0.05) is 18.2 Å². The molecule has 1 fully saturated rings. The zero-order valence-corrected chi connectivity index (χ0v) is 14.1. The predicted octanol–water partition coefficient (Wildman–Crippen LogP) is 2.78. The fraction of sp³-hybridized carbons (Fsp3) is 0.316. The van der Waals surface area contributed by atoms with E-state index in [9.17, 15) is 4.79 Å². The van der Waals surface area contributed by atoms with Gasteiger partial charge in [0.05, 0.1) is 12.4 Å². The van der Waals surface area contributed by atoms with Crippen LogP contribution in [0.25, 0.3) is 10.9 Å². The van der Waals surface area contributed by atoms with Crippen molar-refractivity contribution in [2.45, 2.75) is 19.4 Å². The molecule has 1 aromatic carbocycles. The van der Waals surface area contributed by atoms with Crippen molar-refractivity contribution >= 4 is 22.6 Å². The maximum absolute atomic E-state index is 12.4. The quantitative estimate of drug-likeness (QED) is 0.779. The average Bonchev–Trinajstić information content (AvgIpc) is 3.32. The molecular weight excluding hydrogens is 314 g/mol. The lowest BCUT2D eigenvalue weighted by Gasteiger charge is -2.15. The fourth-order valence-corrected chi connectivity index (χ4v) is 3.28. The van der Waals surface area contributed by atoms with Crippen molar-refractivity contribution in [1.82, 2.24) is 19.4 Å². The van der Waals surface area contributed by atoms with Gasteiger partial charge in [0.15, 0.2) is 0 Å². The number of benzene rings is 1. The molecule has 4 rings (SSSR count). The van der Waals surface area contributed by atoms with E-state index < -0.39 is 0 Å². The maximum Gasteiger partial charge on any atom is 0.274 e. The standard InChI is InChI=1S/C19H21N5O/c25-19(24-9-3-4-10-24)16-13-20-14-18(22-16)21-8-12-23-11-7-15-5-1-2-6-17(15)23/h1-2,5-7,11,13-14H,3-4,8-10,12H2,(H,21,22). The minimum atomic E-state index is -0.0231. The van der Waals surface area contributed by atoms with Crippen LogP contribution in [-0.4, -0.2) is 45.0 Å². The number of rotatable bonds is 5. The van der Waals surface area contributed by atoms with E-state index in [1.165, 1.54) is 10.9 Å². The number of fused-ring (bicyclic) bond motifs is 1. The van der Waals surface area contributed by atoms with Crippen LogP contribution in [0.1, 0.15) is 23.3 Å². The third-order valence-corrected chi connectivity index (χ3v) is 4.59. The van der Waals surface area contributed by atoms with Crippen LogP contribution in [0.5, 0.6) is 0 Å². The Kier molecular flexibility index (Phi) is 4.33. The van der Waals surface area contributed by atoms with Crippen molar-refractivity contribution < 1.29 is 4.79 Å². The number of carbonyl (C=O) groups is 1. The molecule has 1 aliphatic rings. The van der Waals surface area contributed by atoms with Crippen LogP contribution in [0.15, 0.2) is 48.9 Å². The van der Waals surface area contributed by atoms with Crippen molar-refractivity contribution in [2.24, 2.45) is 0 Å². The molecule has 128 valence electrons. The van der Waals surface area contributed by atoms with Crippen LogP contribution in [0.2, 0.25) is 0 Å². The molecule has 0 unspecified atom stereocenters. The first-order chi connectivity index (χ1) is 12.3. The summed E-state index contributed by atoms with van der Waals surface area (Å²) in [5.41, 5.74) is 1.63. The van der Waals surface area contributed by atoms with E-state index in [0.717, 1.165) is 32.5 Å². The van der Waals surface area contributed by atoms with Crippen LogP contribution in [-0.2, 0) is 6.54 Å². The van der Waals surface area contributed by atoms with E-state index >= 15 is 0 Å². The van der Waals surface area contributed by atoms with E-state index in [4.69, 9.17) is 0 Å². The van der Waals surface area contributed by atoms with E-state index in [1.54, 1.807) is 12.4 Å². The molecule has 0 aliphatic carbocycles. The Hall–Kier alpha value is -2.89. The van der Waals surface area contributed by atoms with Gasteiger partial charge in [0.2, 0.25) is 0 Å². The van der Waals surface area contributed by atoms with Gasteiger partial charge in [-0.05, 0) is 30.4 Å². The van der Waals surface area contributed by atoms with Gasteiger partial charge in [0.1, 0.15) is 11.5 Å². The van der Waals surface area contributed by atoms with Gasteiger partial charge in [-0.25, -0.2) is 4.98 Å². The number of hydrogen-bond donors (Lipinski definition) is 1. The molecule has 6 nitrogen and oxygen atoms in total. The van der Waals surface area contributed by atoms with Gasteiger partial charge in [-0.2, -0.15) is 0 Å². The summed E-state index contributed by atoms with van der Waals surface area (Å²) in [4.78, 5) is 22.8. The second kappa shape index (κ2) is 6.93. The summed E-state index contributed by atoms with van der Waals surface area (Å²) in [7, 11) is 0. The summed E-state index contributed by atoms with van der Waals surface area (Å²) in [6, 6.07) is 10.4. The summed E-state index contributed by atoms with van der Waals surface area (Å²) in [5, 5.41) is 4.50. The molecule has 0 radical (unpaired) electrons. The Morgan fingerprint density at radius 3 is 2.84 bits per heavy atom. The van der Waals surface area contributed by atoms with Gasteiger partial charge in [0, 0.05) is 37.9 Å². The van der Waals surface area contributed by atoms with E-state index in [-0.39, 0.29) is 5.91 Å². The predicted molar refractivity (Wildman–Crippen MR) is 97.6 cm³/mol. The highest BCUT2D eigenvalue weighted by Gasteiger charge is 2.20. The molecule has 25 heavy (non-hydrogen) atoms. The lowest BCUT2D eigenvalue weighted by atomic mass is 10.2. The highest BCUT2D eigenvalue weighted by molar-refractivity contribution is 5.92. The highest BCUT2D eigenvalue weighted by Crippen LogP contribution is 2.15. The van der Waals surface area contributed by atoms with Crippen LogP contribution in [0.4, 0.5) is 5.82 Å². The van der Waals surface area contributed by atoms with E-state index in [0.29, 0.717) is 18.1 Å². The molecule has 0 atom stereocenters. The first-order valence-electron chi connectivity index (χ1n) is 8.70. The molecule has 6 heteroatoms. The number of anilines is 1. The number of nitrogens with one attached hydrogen (secondary N) is 1. The number of hydrogen-bond acceptors (Lipinski definition) is 4. The summed E-state index contributed by atoms with van der Waals surface area (Å²) in [5.74, 6) is 0.617. The van der Waals surface area contributed by atoms with Gasteiger partial charge in [-0.15, -0.1) is 0 Å². The van der Waals surface area contributed by atoms with Crippen molar-refractivity contribution in [3.05, 3.63) is 54.6 Å². The first kappa shape index (κ1) is 15.6. The molecule has 1 N–H and O–H groups in total. The maximum atomic E-state index is 12.4. The van der Waals surface area contributed by atoms with Gasteiger partial charge >= 0.3 is 0 Å².